The van der Waals surface area contributed by atoms with E-state index in [1.807, 2.05) is 0 Å². The lowest BCUT2D eigenvalue weighted by atomic mass is 10.3. The molecule has 4 nitrogen and oxygen atoms in total. The van der Waals surface area contributed by atoms with Gasteiger partial charge >= 0.3 is 0 Å². The second-order valence-electron chi connectivity index (χ2n) is 2.07. The van der Waals surface area contributed by atoms with Crippen molar-refractivity contribution in [3.63, 3.8) is 0 Å². The first-order valence-corrected chi connectivity index (χ1v) is 3.16. The minimum absolute atomic E-state index is 0.190. The summed E-state index contributed by atoms with van der Waals surface area (Å²) < 4.78 is 4.93. The van der Waals surface area contributed by atoms with Crippen molar-refractivity contribution >= 4 is 6.21 Å². The zero-order valence-corrected chi connectivity index (χ0v) is 5.82. The van der Waals surface area contributed by atoms with Gasteiger partial charge < -0.3 is 20.0 Å². The van der Waals surface area contributed by atoms with E-state index in [2.05, 4.69) is 0 Å². The molecule has 0 aromatic carbocycles. The number of aliphatic hydroxyl groups is 2. The summed E-state index contributed by atoms with van der Waals surface area (Å²) in [6, 6.07) is 3.09. The molecule has 0 aliphatic carbocycles. The monoisotopic (exact) mass is 155 g/mol. The van der Waals surface area contributed by atoms with E-state index in [0.717, 1.165) is 6.21 Å². The molecule has 0 radical (unpaired) electrons. The van der Waals surface area contributed by atoms with Crippen molar-refractivity contribution in [1.82, 2.24) is 0 Å². The molecule has 1 rings (SSSR count). The van der Waals surface area contributed by atoms with Crippen molar-refractivity contribution in [2.24, 2.45) is 0 Å². The van der Waals surface area contributed by atoms with Gasteiger partial charge in [0, 0.05) is 6.21 Å². The second-order valence-corrected chi connectivity index (χ2v) is 2.07. The van der Waals surface area contributed by atoms with Crippen molar-refractivity contribution in [3.05, 3.63) is 23.7 Å². The SMILES string of the molecule is N=CC(O)c1ccc(CO)o1. The van der Waals surface area contributed by atoms with Crippen LogP contribution in [0.5, 0.6) is 0 Å². The summed E-state index contributed by atoms with van der Waals surface area (Å²) in [6.45, 7) is -0.190. The number of furan rings is 1. The van der Waals surface area contributed by atoms with Crippen molar-refractivity contribution < 1.29 is 14.6 Å². The molecule has 60 valence electrons. The maximum absolute atomic E-state index is 9.02. The van der Waals surface area contributed by atoms with Gasteiger partial charge in [-0.15, -0.1) is 0 Å². The Balaban J connectivity index is 2.79. The molecule has 1 aromatic heterocycles. The Kier molecular flexibility index (Phi) is 2.40. The molecule has 1 atom stereocenters. The van der Waals surface area contributed by atoms with Gasteiger partial charge in [0.05, 0.1) is 0 Å². The summed E-state index contributed by atoms with van der Waals surface area (Å²) >= 11 is 0. The van der Waals surface area contributed by atoms with E-state index < -0.39 is 6.10 Å². The Hall–Kier alpha value is -1.13. The quantitative estimate of drug-likeness (QED) is 0.555. The first-order chi connectivity index (χ1) is 5.27. The van der Waals surface area contributed by atoms with Crippen LogP contribution in [0.25, 0.3) is 0 Å². The van der Waals surface area contributed by atoms with E-state index >= 15 is 0 Å². The molecule has 1 heterocycles. The Morgan fingerprint density at radius 1 is 1.64 bits per heavy atom. The minimum atomic E-state index is -1.00. The normalized spacial score (nSPS) is 12.9. The Bertz CT molecular complexity index is 244. The fourth-order valence-corrected chi connectivity index (χ4v) is 0.721. The lowest BCUT2D eigenvalue weighted by Gasteiger charge is -1.97. The molecular formula is C7H9NO3. The first kappa shape index (κ1) is 7.97. The Morgan fingerprint density at radius 2 is 2.36 bits per heavy atom. The Labute approximate surface area is 63.6 Å². The van der Waals surface area contributed by atoms with Crippen molar-refractivity contribution in [3.8, 4) is 0 Å². The molecule has 1 unspecified atom stereocenters. The summed E-state index contributed by atoms with van der Waals surface area (Å²) in [5.41, 5.74) is 0. The summed E-state index contributed by atoms with van der Waals surface area (Å²) in [4.78, 5) is 0. The maximum atomic E-state index is 9.02. The maximum Gasteiger partial charge on any atom is 0.146 e. The van der Waals surface area contributed by atoms with Crippen LogP contribution in [0.3, 0.4) is 0 Å². The van der Waals surface area contributed by atoms with E-state index in [1.165, 1.54) is 6.07 Å². The minimum Gasteiger partial charge on any atom is -0.460 e. The van der Waals surface area contributed by atoms with E-state index in [-0.39, 0.29) is 12.4 Å². The van der Waals surface area contributed by atoms with Crippen LogP contribution in [0.1, 0.15) is 17.6 Å². The van der Waals surface area contributed by atoms with Crippen molar-refractivity contribution in [2.45, 2.75) is 12.7 Å². The molecule has 3 N–H and O–H groups in total. The van der Waals surface area contributed by atoms with Crippen molar-refractivity contribution in [1.29, 1.82) is 5.41 Å². The topological polar surface area (TPSA) is 77.5 Å². The Morgan fingerprint density at radius 3 is 2.82 bits per heavy atom. The van der Waals surface area contributed by atoms with Gasteiger partial charge in [-0.3, -0.25) is 0 Å². The zero-order chi connectivity index (χ0) is 8.27. The predicted octanol–water partition coefficient (Wildman–Crippen LogP) is 0.455. The molecule has 0 fully saturated rings. The van der Waals surface area contributed by atoms with Crippen molar-refractivity contribution in [2.75, 3.05) is 0 Å². The van der Waals surface area contributed by atoms with Crippen LogP contribution >= 0.6 is 0 Å². The van der Waals surface area contributed by atoms with Gasteiger partial charge in [0.1, 0.15) is 24.2 Å². The predicted molar refractivity (Wildman–Crippen MR) is 38.4 cm³/mol. The summed E-state index contributed by atoms with van der Waals surface area (Å²) in [5, 5.41) is 24.3. The highest BCUT2D eigenvalue weighted by atomic mass is 16.4. The van der Waals surface area contributed by atoms with Gasteiger partial charge in [0.2, 0.25) is 0 Å². The number of hydrogen-bond donors (Lipinski definition) is 3. The summed E-state index contributed by atoms with van der Waals surface area (Å²) in [5.74, 6) is 0.671. The third-order valence-electron chi connectivity index (χ3n) is 1.29. The standard InChI is InChI=1S/C7H9NO3/c8-3-6(10)7-2-1-5(4-9)11-7/h1-3,6,8-10H,4H2. The molecule has 0 spiro atoms. The third-order valence-corrected chi connectivity index (χ3v) is 1.29. The molecule has 0 aliphatic heterocycles. The van der Waals surface area contributed by atoms with Gasteiger partial charge in [-0.1, -0.05) is 0 Å². The van der Waals surface area contributed by atoms with E-state index in [1.54, 1.807) is 6.07 Å². The molecular weight excluding hydrogens is 146 g/mol. The van der Waals surface area contributed by atoms with E-state index in [9.17, 15) is 0 Å². The number of aliphatic hydroxyl groups excluding tert-OH is 2. The molecule has 11 heavy (non-hydrogen) atoms. The molecule has 0 aliphatic rings. The fourth-order valence-electron chi connectivity index (χ4n) is 0.721. The second kappa shape index (κ2) is 3.32. The molecule has 4 heteroatoms. The molecule has 0 amide bonds. The molecule has 1 aromatic rings. The number of rotatable bonds is 3. The largest absolute Gasteiger partial charge is 0.460 e. The number of hydrogen-bond acceptors (Lipinski definition) is 4. The van der Waals surface area contributed by atoms with Crippen LogP contribution in [0.2, 0.25) is 0 Å². The highest BCUT2D eigenvalue weighted by molar-refractivity contribution is 5.60. The average Bonchev–Trinajstić information content (AvgIpc) is 2.50. The highest BCUT2D eigenvalue weighted by Gasteiger charge is 2.07. The molecule has 0 saturated heterocycles. The van der Waals surface area contributed by atoms with Crippen LogP contribution in [0.4, 0.5) is 0 Å². The smallest absolute Gasteiger partial charge is 0.146 e. The molecule has 0 saturated carbocycles. The zero-order valence-electron chi connectivity index (χ0n) is 5.82. The van der Waals surface area contributed by atoms with Gasteiger partial charge in [-0.25, -0.2) is 0 Å². The van der Waals surface area contributed by atoms with Crippen LogP contribution in [0, 0.1) is 5.41 Å². The summed E-state index contributed by atoms with van der Waals surface area (Å²) in [6.07, 6.45) is -0.143. The van der Waals surface area contributed by atoms with Gasteiger partial charge in [-0.2, -0.15) is 0 Å². The van der Waals surface area contributed by atoms with Gasteiger partial charge in [0.25, 0.3) is 0 Å². The van der Waals surface area contributed by atoms with E-state index in [4.69, 9.17) is 20.0 Å². The van der Waals surface area contributed by atoms with Gasteiger partial charge in [-0.05, 0) is 12.1 Å². The fraction of sp³-hybridized carbons (Fsp3) is 0.286. The lowest BCUT2D eigenvalue weighted by molar-refractivity contribution is 0.199. The lowest BCUT2D eigenvalue weighted by Crippen LogP contribution is -1.94. The third kappa shape index (κ3) is 1.66. The summed E-state index contributed by atoms with van der Waals surface area (Å²) in [7, 11) is 0. The van der Waals surface area contributed by atoms with Crippen LogP contribution < -0.4 is 0 Å². The molecule has 0 bridgehead atoms. The number of nitrogens with one attached hydrogen (secondary N) is 1. The average molecular weight is 155 g/mol. The van der Waals surface area contributed by atoms with Crippen LogP contribution in [-0.4, -0.2) is 16.4 Å². The van der Waals surface area contributed by atoms with Crippen LogP contribution in [0.15, 0.2) is 16.5 Å². The first-order valence-electron chi connectivity index (χ1n) is 3.16. The van der Waals surface area contributed by atoms with Gasteiger partial charge in [0.15, 0.2) is 0 Å². The highest BCUT2D eigenvalue weighted by Crippen LogP contribution is 2.14. The van der Waals surface area contributed by atoms with E-state index in [0.29, 0.717) is 5.76 Å². The van der Waals surface area contributed by atoms with Crippen LogP contribution in [-0.2, 0) is 6.61 Å².